The quantitative estimate of drug-likeness (QED) is 0.461. The van der Waals surface area contributed by atoms with E-state index in [-0.39, 0.29) is 30.1 Å². The van der Waals surface area contributed by atoms with Gasteiger partial charge in [0.25, 0.3) is 11.5 Å². The van der Waals surface area contributed by atoms with Crippen molar-refractivity contribution >= 4 is 50.5 Å². The molecule has 0 saturated carbocycles. The Labute approximate surface area is 214 Å². The maximum absolute atomic E-state index is 14.8. The first-order valence-electron chi connectivity index (χ1n) is 10.8. The SMILES string of the molecule is CCS(=O)(=O)N1C[C@@H](NC(=O)c2ccc(Cl)s2)C[C@H]1C(=O)Nc1ccc(-n2ccncc2=O)cc1F. The molecule has 14 heteroatoms. The summed E-state index contributed by atoms with van der Waals surface area (Å²) < 4.78 is 42.8. The summed E-state index contributed by atoms with van der Waals surface area (Å²) in [6.45, 7) is 1.34. The second-order valence-electron chi connectivity index (χ2n) is 7.93. The van der Waals surface area contributed by atoms with Crippen LogP contribution in [0.4, 0.5) is 10.1 Å². The van der Waals surface area contributed by atoms with Gasteiger partial charge < -0.3 is 10.6 Å². The van der Waals surface area contributed by atoms with Gasteiger partial charge in [-0.15, -0.1) is 11.3 Å². The number of aromatic nitrogens is 2. The number of anilines is 1. The van der Waals surface area contributed by atoms with E-state index in [4.69, 9.17) is 11.6 Å². The third kappa shape index (κ3) is 5.48. The minimum absolute atomic E-state index is 0.00201. The highest BCUT2D eigenvalue weighted by atomic mass is 35.5. The number of halogens is 2. The van der Waals surface area contributed by atoms with Crippen molar-refractivity contribution < 1.29 is 22.4 Å². The number of hydrogen-bond donors (Lipinski definition) is 2. The van der Waals surface area contributed by atoms with Crippen LogP contribution >= 0.6 is 22.9 Å². The van der Waals surface area contributed by atoms with Gasteiger partial charge in [0.1, 0.15) is 11.9 Å². The number of sulfonamides is 1. The van der Waals surface area contributed by atoms with Crippen molar-refractivity contribution in [1.82, 2.24) is 19.2 Å². The summed E-state index contributed by atoms with van der Waals surface area (Å²) >= 11 is 6.95. The lowest BCUT2D eigenvalue weighted by molar-refractivity contribution is -0.119. The molecule has 1 aromatic carbocycles. The minimum atomic E-state index is -3.81. The lowest BCUT2D eigenvalue weighted by Crippen LogP contribution is -2.44. The summed E-state index contributed by atoms with van der Waals surface area (Å²) in [4.78, 5) is 41.6. The van der Waals surface area contributed by atoms with Crippen LogP contribution in [0.3, 0.4) is 0 Å². The summed E-state index contributed by atoms with van der Waals surface area (Å²) in [6, 6.07) is 5.11. The van der Waals surface area contributed by atoms with E-state index in [0.717, 1.165) is 27.9 Å². The number of amides is 2. The first kappa shape index (κ1) is 25.9. The molecule has 3 aromatic rings. The number of thiophene rings is 1. The van der Waals surface area contributed by atoms with E-state index in [1.165, 1.54) is 36.0 Å². The molecular weight excluding hydrogens is 533 g/mol. The smallest absolute Gasteiger partial charge is 0.273 e. The zero-order chi connectivity index (χ0) is 26.0. The number of hydrogen-bond acceptors (Lipinski definition) is 7. The van der Waals surface area contributed by atoms with Crippen LogP contribution in [0, 0.1) is 5.82 Å². The van der Waals surface area contributed by atoms with Gasteiger partial charge in [0.15, 0.2) is 0 Å². The molecule has 0 radical (unpaired) electrons. The molecule has 2 N–H and O–H groups in total. The maximum Gasteiger partial charge on any atom is 0.273 e. The first-order chi connectivity index (χ1) is 17.1. The normalized spacial score (nSPS) is 18.2. The molecule has 0 unspecified atom stereocenters. The van der Waals surface area contributed by atoms with Crippen LogP contribution in [0.2, 0.25) is 4.34 Å². The molecular formula is C22H21ClFN5O5S2. The van der Waals surface area contributed by atoms with E-state index in [1.54, 1.807) is 12.1 Å². The van der Waals surface area contributed by atoms with Gasteiger partial charge in [0, 0.05) is 31.0 Å². The van der Waals surface area contributed by atoms with Gasteiger partial charge in [-0.2, -0.15) is 4.31 Å². The van der Waals surface area contributed by atoms with Crippen LogP contribution in [0.25, 0.3) is 5.69 Å². The fourth-order valence-corrected chi connectivity index (χ4v) is 6.10. The predicted octanol–water partition coefficient (Wildman–Crippen LogP) is 2.25. The molecule has 1 aliphatic rings. The highest BCUT2D eigenvalue weighted by Crippen LogP contribution is 2.26. The number of rotatable bonds is 7. The molecule has 1 aliphatic heterocycles. The summed E-state index contributed by atoms with van der Waals surface area (Å²) in [5.74, 6) is -2.23. The van der Waals surface area contributed by atoms with Crippen LogP contribution in [-0.4, -0.2) is 58.5 Å². The molecule has 2 atom stereocenters. The number of nitrogens with one attached hydrogen (secondary N) is 2. The van der Waals surface area contributed by atoms with Crippen LogP contribution in [-0.2, 0) is 14.8 Å². The lowest BCUT2D eigenvalue weighted by Gasteiger charge is -2.22. The molecule has 4 rings (SSSR count). The predicted molar refractivity (Wildman–Crippen MR) is 134 cm³/mol. The number of carbonyl (C=O) groups is 2. The van der Waals surface area contributed by atoms with Crippen LogP contribution < -0.4 is 16.2 Å². The zero-order valence-electron chi connectivity index (χ0n) is 18.9. The Morgan fingerprint density at radius 3 is 2.69 bits per heavy atom. The van der Waals surface area contributed by atoms with Crippen molar-refractivity contribution in [3.05, 3.63) is 74.3 Å². The van der Waals surface area contributed by atoms with E-state index >= 15 is 0 Å². The maximum atomic E-state index is 14.8. The molecule has 1 fully saturated rings. The molecule has 0 spiro atoms. The standard InChI is InChI=1S/C22H21ClFN5O5S2/c1-2-36(33,34)29-12-13(26-22(32)18-5-6-19(23)35-18)9-17(29)21(31)27-16-4-3-14(10-15(16)24)28-8-7-25-11-20(28)30/h3-8,10-11,13,17H,2,9,12H2,1H3,(H,26,32)(H,27,31)/t13-,17-/m0/s1. The fraction of sp³-hybridized carbons (Fsp3) is 0.273. The molecule has 2 aromatic heterocycles. The summed E-state index contributed by atoms with van der Waals surface area (Å²) in [5.41, 5.74) is -0.413. The van der Waals surface area contributed by atoms with Crippen molar-refractivity contribution in [3.8, 4) is 5.69 Å². The van der Waals surface area contributed by atoms with Crippen molar-refractivity contribution in [1.29, 1.82) is 0 Å². The minimum Gasteiger partial charge on any atom is -0.347 e. The van der Waals surface area contributed by atoms with Gasteiger partial charge in [0.05, 0.1) is 32.5 Å². The number of nitrogens with zero attached hydrogens (tertiary/aromatic N) is 3. The molecule has 0 bridgehead atoms. The fourth-order valence-electron chi connectivity index (χ4n) is 3.85. The van der Waals surface area contributed by atoms with Gasteiger partial charge in [0.2, 0.25) is 15.9 Å². The zero-order valence-corrected chi connectivity index (χ0v) is 21.2. The second-order valence-corrected chi connectivity index (χ2v) is 11.9. The van der Waals surface area contributed by atoms with Crippen molar-refractivity contribution in [2.24, 2.45) is 0 Å². The topological polar surface area (TPSA) is 130 Å². The number of carbonyl (C=O) groups excluding carboxylic acids is 2. The second kappa shape index (κ2) is 10.5. The summed E-state index contributed by atoms with van der Waals surface area (Å²) in [7, 11) is -3.81. The van der Waals surface area contributed by atoms with Crippen LogP contribution in [0.15, 0.2) is 53.7 Å². The van der Waals surface area contributed by atoms with E-state index in [9.17, 15) is 27.2 Å². The average Bonchev–Trinajstić information content (AvgIpc) is 3.47. The van der Waals surface area contributed by atoms with Gasteiger partial charge in [-0.25, -0.2) is 12.8 Å². The number of benzene rings is 1. The highest BCUT2D eigenvalue weighted by molar-refractivity contribution is 7.89. The van der Waals surface area contributed by atoms with E-state index < -0.39 is 45.3 Å². The van der Waals surface area contributed by atoms with Crippen LogP contribution in [0.1, 0.15) is 23.0 Å². The molecule has 1 saturated heterocycles. The third-order valence-electron chi connectivity index (χ3n) is 5.63. The Bertz CT molecular complexity index is 1480. The molecule has 190 valence electrons. The van der Waals surface area contributed by atoms with Crippen molar-refractivity contribution in [2.45, 2.75) is 25.4 Å². The van der Waals surface area contributed by atoms with E-state index in [2.05, 4.69) is 15.6 Å². The third-order valence-corrected chi connectivity index (χ3v) is 8.70. The summed E-state index contributed by atoms with van der Waals surface area (Å²) in [5, 5.41) is 5.17. The average molecular weight is 554 g/mol. The molecule has 10 nitrogen and oxygen atoms in total. The molecule has 3 heterocycles. The Hall–Kier alpha value is -3.13. The van der Waals surface area contributed by atoms with Gasteiger partial charge in [-0.1, -0.05) is 11.6 Å². The highest BCUT2D eigenvalue weighted by Gasteiger charge is 2.43. The van der Waals surface area contributed by atoms with Gasteiger partial charge >= 0.3 is 0 Å². The molecule has 2 amide bonds. The van der Waals surface area contributed by atoms with Gasteiger partial charge in [-0.05, 0) is 37.6 Å². The van der Waals surface area contributed by atoms with E-state index in [0.29, 0.717) is 9.21 Å². The monoisotopic (exact) mass is 553 g/mol. The van der Waals surface area contributed by atoms with Crippen molar-refractivity contribution in [3.63, 3.8) is 0 Å². The Kier molecular flexibility index (Phi) is 7.54. The first-order valence-corrected chi connectivity index (χ1v) is 13.6. The Morgan fingerprint density at radius 2 is 2.06 bits per heavy atom. The van der Waals surface area contributed by atoms with Crippen LogP contribution in [0.5, 0.6) is 0 Å². The largest absolute Gasteiger partial charge is 0.347 e. The van der Waals surface area contributed by atoms with E-state index in [1.807, 2.05) is 0 Å². The lowest BCUT2D eigenvalue weighted by atomic mass is 10.1. The summed E-state index contributed by atoms with van der Waals surface area (Å²) in [6.07, 6.45) is 3.83. The molecule has 36 heavy (non-hydrogen) atoms. The van der Waals surface area contributed by atoms with Gasteiger partial charge in [-0.3, -0.25) is 23.9 Å². The Morgan fingerprint density at radius 1 is 1.28 bits per heavy atom. The molecule has 0 aliphatic carbocycles. The van der Waals surface area contributed by atoms with Crippen molar-refractivity contribution in [2.75, 3.05) is 17.6 Å². The Balaban J connectivity index is 1.52.